The van der Waals surface area contributed by atoms with Gasteiger partial charge in [0.05, 0.1) is 12.3 Å². The number of halogens is 1. The molecule has 0 unspecified atom stereocenters. The van der Waals surface area contributed by atoms with Crippen LogP contribution < -0.4 is 20.1 Å². The standard InChI is InChI=1S/C15H23N3O4S.HI/c1-3-16-15(17-7-8-23(19,20)4-2)18-10-12-5-6-13-14(9-12)22-11-21-13;/h5-6,9H,3-4,7-8,10-11H2,1-2H3,(H2,16,17,18);1H. The number of benzene rings is 1. The van der Waals surface area contributed by atoms with E-state index in [1.165, 1.54) is 0 Å². The second-order valence-electron chi connectivity index (χ2n) is 5.05. The summed E-state index contributed by atoms with van der Waals surface area (Å²) in [4.78, 5) is 4.46. The average molecular weight is 469 g/mol. The molecule has 0 spiro atoms. The number of ether oxygens (including phenoxy) is 2. The number of guanidine groups is 1. The minimum absolute atomic E-state index is 0. The van der Waals surface area contributed by atoms with Gasteiger partial charge in [-0.3, -0.25) is 0 Å². The summed E-state index contributed by atoms with van der Waals surface area (Å²) in [6.45, 7) is 5.36. The van der Waals surface area contributed by atoms with Gasteiger partial charge in [0.15, 0.2) is 27.3 Å². The molecule has 7 nitrogen and oxygen atoms in total. The third-order valence-electron chi connectivity index (χ3n) is 3.35. The highest BCUT2D eigenvalue weighted by Gasteiger charge is 2.13. The zero-order chi connectivity index (χ0) is 16.7. The molecule has 0 amide bonds. The van der Waals surface area contributed by atoms with Crippen molar-refractivity contribution in [2.45, 2.75) is 20.4 Å². The molecule has 9 heteroatoms. The number of nitrogens with zero attached hydrogens (tertiary/aromatic N) is 1. The second kappa shape index (κ2) is 9.92. The first-order valence-corrected chi connectivity index (χ1v) is 9.47. The highest BCUT2D eigenvalue weighted by Crippen LogP contribution is 2.32. The van der Waals surface area contributed by atoms with Gasteiger partial charge < -0.3 is 20.1 Å². The van der Waals surface area contributed by atoms with Crippen LogP contribution in [0.5, 0.6) is 11.5 Å². The maximum atomic E-state index is 11.5. The Morgan fingerprint density at radius 3 is 2.67 bits per heavy atom. The molecule has 1 aromatic carbocycles. The smallest absolute Gasteiger partial charge is 0.231 e. The molecule has 0 radical (unpaired) electrons. The van der Waals surface area contributed by atoms with Crippen LogP contribution in [0.15, 0.2) is 23.2 Å². The summed E-state index contributed by atoms with van der Waals surface area (Å²) in [6.07, 6.45) is 0. The second-order valence-corrected chi connectivity index (χ2v) is 7.52. The summed E-state index contributed by atoms with van der Waals surface area (Å²) in [5, 5.41) is 6.14. The summed E-state index contributed by atoms with van der Waals surface area (Å²) in [5.41, 5.74) is 0.993. The van der Waals surface area contributed by atoms with E-state index in [1.54, 1.807) is 6.92 Å². The molecule has 0 saturated carbocycles. The van der Waals surface area contributed by atoms with Crippen LogP contribution in [0.4, 0.5) is 0 Å². The normalized spacial score (nSPS) is 13.3. The molecule has 2 rings (SSSR count). The fraction of sp³-hybridized carbons (Fsp3) is 0.533. The molecule has 136 valence electrons. The molecular weight excluding hydrogens is 445 g/mol. The van der Waals surface area contributed by atoms with Gasteiger partial charge in [0, 0.05) is 18.8 Å². The van der Waals surface area contributed by atoms with Gasteiger partial charge in [-0.25, -0.2) is 13.4 Å². The Hall–Kier alpha value is -1.23. The molecule has 0 aromatic heterocycles. The fourth-order valence-corrected chi connectivity index (χ4v) is 2.72. The Morgan fingerprint density at radius 1 is 1.21 bits per heavy atom. The van der Waals surface area contributed by atoms with Crippen LogP contribution in [0, 0.1) is 0 Å². The van der Waals surface area contributed by atoms with Crippen LogP contribution in [-0.4, -0.2) is 45.8 Å². The van der Waals surface area contributed by atoms with Crippen molar-refractivity contribution in [2.75, 3.05) is 31.4 Å². The van der Waals surface area contributed by atoms with E-state index < -0.39 is 9.84 Å². The zero-order valence-corrected chi connectivity index (χ0v) is 17.0. The fourth-order valence-electron chi connectivity index (χ4n) is 2.02. The lowest BCUT2D eigenvalue weighted by Gasteiger charge is -2.11. The van der Waals surface area contributed by atoms with Gasteiger partial charge >= 0.3 is 0 Å². The zero-order valence-electron chi connectivity index (χ0n) is 13.9. The van der Waals surface area contributed by atoms with Crippen LogP contribution >= 0.6 is 24.0 Å². The van der Waals surface area contributed by atoms with E-state index in [-0.39, 0.29) is 42.3 Å². The van der Waals surface area contributed by atoms with Crippen molar-refractivity contribution in [1.82, 2.24) is 10.6 Å². The highest BCUT2D eigenvalue weighted by atomic mass is 127. The molecule has 0 fully saturated rings. The Balaban J connectivity index is 0.00000288. The molecule has 0 saturated heterocycles. The molecule has 2 N–H and O–H groups in total. The van der Waals surface area contributed by atoms with Crippen molar-refractivity contribution in [2.24, 2.45) is 4.99 Å². The van der Waals surface area contributed by atoms with Crippen LogP contribution in [0.1, 0.15) is 19.4 Å². The predicted octanol–water partition coefficient (Wildman–Crippen LogP) is 1.52. The van der Waals surface area contributed by atoms with Crippen molar-refractivity contribution in [3.8, 4) is 11.5 Å². The quantitative estimate of drug-likeness (QED) is 0.358. The van der Waals surface area contributed by atoms with E-state index in [4.69, 9.17) is 9.47 Å². The van der Waals surface area contributed by atoms with E-state index in [2.05, 4.69) is 15.6 Å². The lowest BCUT2D eigenvalue weighted by Crippen LogP contribution is -2.39. The molecule has 1 heterocycles. The van der Waals surface area contributed by atoms with Gasteiger partial charge in [-0.15, -0.1) is 24.0 Å². The monoisotopic (exact) mass is 469 g/mol. The molecule has 0 atom stereocenters. The van der Waals surface area contributed by atoms with E-state index >= 15 is 0 Å². The van der Waals surface area contributed by atoms with Crippen molar-refractivity contribution in [3.63, 3.8) is 0 Å². The number of aliphatic imine (C=N–C) groups is 1. The number of hydrogen-bond donors (Lipinski definition) is 2. The van der Waals surface area contributed by atoms with E-state index in [0.29, 0.717) is 25.6 Å². The summed E-state index contributed by atoms with van der Waals surface area (Å²) >= 11 is 0. The van der Waals surface area contributed by atoms with Crippen LogP contribution in [0.2, 0.25) is 0 Å². The first kappa shape index (κ1) is 20.8. The molecule has 1 aliphatic rings. The number of nitrogens with one attached hydrogen (secondary N) is 2. The van der Waals surface area contributed by atoms with Crippen molar-refractivity contribution < 1.29 is 17.9 Å². The summed E-state index contributed by atoms with van der Waals surface area (Å²) < 4.78 is 33.6. The Kier molecular flexibility index (Phi) is 8.60. The molecular formula is C15H24IN3O4S. The first-order chi connectivity index (χ1) is 11.0. The SMILES string of the molecule is CCNC(=NCc1ccc2c(c1)OCO2)NCCS(=O)(=O)CC.I. The number of rotatable bonds is 7. The molecule has 1 aliphatic heterocycles. The Labute approximate surface area is 160 Å². The third-order valence-corrected chi connectivity index (χ3v) is 5.05. The topological polar surface area (TPSA) is 89.0 Å². The van der Waals surface area contributed by atoms with Gasteiger partial charge in [0.2, 0.25) is 6.79 Å². The molecule has 0 aliphatic carbocycles. The van der Waals surface area contributed by atoms with Gasteiger partial charge in [0.1, 0.15) is 0 Å². The first-order valence-electron chi connectivity index (χ1n) is 7.65. The van der Waals surface area contributed by atoms with E-state index in [1.807, 2.05) is 25.1 Å². The van der Waals surface area contributed by atoms with Crippen LogP contribution in [0.25, 0.3) is 0 Å². The Morgan fingerprint density at radius 2 is 1.96 bits per heavy atom. The van der Waals surface area contributed by atoms with Crippen molar-refractivity contribution >= 4 is 39.8 Å². The number of fused-ring (bicyclic) bond motifs is 1. The van der Waals surface area contributed by atoms with E-state index in [0.717, 1.165) is 17.1 Å². The predicted molar refractivity (Wildman–Crippen MR) is 105 cm³/mol. The van der Waals surface area contributed by atoms with Crippen LogP contribution in [0.3, 0.4) is 0 Å². The summed E-state index contributed by atoms with van der Waals surface area (Å²) in [5.74, 6) is 2.31. The molecule has 0 bridgehead atoms. The number of sulfone groups is 1. The summed E-state index contributed by atoms with van der Waals surface area (Å²) in [6, 6.07) is 5.69. The van der Waals surface area contributed by atoms with Gasteiger partial charge in [-0.2, -0.15) is 0 Å². The van der Waals surface area contributed by atoms with Crippen molar-refractivity contribution in [1.29, 1.82) is 0 Å². The molecule has 24 heavy (non-hydrogen) atoms. The van der Waals surface area contributed by atoms with Crippen LogP contribution in [-0.2, 0) is 16.4 Å². The largest absolute Gasteiger partial charge is 0.454 e. The van der Waals surface area contributed by atoms with E-state index in [9.17, 15) is 8.42 Å². The lowest BCUT2D eigenvalue weighted by atomic mass is 10.2. The van der Waals surface area contributed by atoms with Crippen molar-refractivity contribution in [3.05, 3.63) is 23.8 Å². The minimum Gasteiger partial charge on any atom is -0.454 e. The Bertz CT molecular complexity index is 665. The third kappa shape index (κ3) is 6.34. The van der Waals surface area contributed by atoms with Gasteiger partial charge in [0.25, 0.3) is 0 Å². The molecule has 1 aromatic rings. The maximum Gasteiger partial charge on any atom is 0.231 e. The number of hydrogen-bond acceptors (Lipinski definition) is 5. The minimum atomic E-state index is -2.98. The average Bonchev–Trinajstić information content (AvgIpc) is 3.00. The van der Waals surface area contributed by atoms with Gasteiger partial charge in [-0.1, -0.05) is 13.0 Å². The summed E-state index contributed by atoms with van der Waals surface area (Å²) in [7, 11) is -2.98. The lowest BCUT2D eigenvalue weighted by molar-refractivity contribution is 0.174. The maximum absolute atomic E-state index is 11.5. The van der Waals surface area contributed by atoms with Gasteiger partial charge in [-0.05, 0) is 24.6 Å². The highest BCUT2D eigenvalue weighted by molar-refractivity contribution is 14.0.